The Morgan fingerprint density at radius 2 is 1.97 bits per heavy atom. The lowest BCUT2D eigenvalue weighted by Crippen LogP contribution is -2.21. The molecule has 4 atom stereocenters. The summed E-state index contributed by atoms with van der Waals surface area (Å²) in [4.78, 5) is 27.5. The highest BCUT2D eigenvalue weighted by Gasteiger charge is 2.47. The molecule has 5 rings (SSSR count). The molecular formula is C24H24F3N5O5. The van der Waals surface area contributed by atoms with Gasteiger partial charge in [0.2, 0.25) is 5.76 Å². The van der Waals surface area contributed by atoms with E-state index in [1.54, 1.807) is 13.8 Å². The van der Waals surface area contributed by atoms with Gasteiger partial charge in [0.1, 0.15) is 6.61 Å². The number of carboxylic acids is 1. The van der Waals surface area contributed by atoms with Crippen molar-refractivity contribution in [2.75, 3.05) is 0 Å². The summed E-state index contributed by atoms with van der Waals surface area (Å²) in [5.74, 6) is 0.346. The molecule has 37 heavy (non-hydrogen) atoms. The monoisotopic (exact) mass is 519 g/mol. The number of aliphatic carboxylic acids is 1. The van der Waals surface area contributed by atoms with Gasteiger partial charge in [0.15, 0.2) is 17.3 Å². The number of hydrogen-bond acceptors (Lipinski definition) is 9. The molecule has 1 N–H and O–H groups in total. The van der Waals surface area contributed by atoms with E-state index in [2.05, 4.69) is 25.1 Å². The van der Waals surface area contributed by atoms with E-state index in [1.165, 1.54) is 6.20 Å². The maximum atomic E-state index is 12.9. The molecule has 0 aromatic carbocycles. The number of hydrogen-bond donors (Lipinski definition) is 1. The molecule has 10 nitrogen and oxygen atoms in total. The van der Waals surface area contributed by atoms with Gasteiger partial charge in [-0.25, -0.2) is 15.0 Å². The third-order valence-electron chi connectivity index (χ3n) is 7.07. The topological polar surface area (TPSA) is 133 Å². The standard InChI is InChI=1S/C24H24F3N5O5/c1-11-17(10-35-23-28-6-5-19(31-23)24(25,26)27)20(37-32-11)21-29-9-18(12(2)30-21)36-14-7-13-3-4-15(22(33)34)16(13)8-14/h5-6,9,13-16H,3-4,7-8,10H2,1-2H3,(H,33,34). The van der Waals surface area contributed by atoms with Gasteiger partial charge in [0.25, 0.3) is 0 Å². The van der Waals surface area contributed by atoms with Crippen LogP contribution < -0.4 is 9.47 Å². The summed E-state index contributed by atoms with van der Waals surface area (Å²) in [7, 11) is 0. The van der Waals surface area contributed by atoms with Crippen LogP contribution in [-0.4, -0.2) is 42.3 Å². The van der Waals surface area contributed by atoms with Crippen molar-refractivity contribution in [3.63, 3.8) is 0 Å². The Morgan fingerprint density at radius 1 is 1.16 bits per heavy atom. The van der Waals surface area contributed by atoms with Crippen LogP contribution in [0.15, 0.2) is 23.0 Å². The zero-order chi connectivity index (χ0) is 26.3. The van der Waals surface area contributed by atoms with E-state index in [9.17, 15) is 23.1 Å². The van der Waals surface area contributed by atoms with Gasteiger partial charge < -0.3 is 19.1 Å². The quantitative estimate of drug-likeness (QED) is 0.479. The number of ether oxygens (including phenoxy) is 2. The summed E-state index contributed by atoms with van der Waals surface area (Å²) >= 11 is 0. The van der Waals surface area contributed by atoms with Gasteiger partial charge in [0, 0.05) is 6.20 Å². The Hall–Kier alpha value is -3.77. The number of alkyl halides is 3. The van der Waals surface area contributed by atoms with Crippen LogP contribution in [0.25, 0.3) is 11.6 Å². The molecule has 2 fully saturated rings. The van der Waals surface area contributed by atoms with Gasteiger partial charge in [-0.3, -0.25) is 4.79 Å². The van der Waals surface area contributed by atoms with Gasteiger partial charge in [-0.2, -0.15) is 18.2 Å². The highest BCUT2D eigenvalue weighted by Crippen LogP contribution is 2.48. The molecular weight excluding hydrogens is 495 g/mol. The second-order valence-corrected chi connectivity index (χ2v) is 9.39. The van der Waals surface area contributed by atoms with E-state index >= 15 is 0 Å². The van der Waals surface area contributed by atoms with Crippen molar-refractivity contribution >= 4 is 5.97 Å². The van der Waals surface area contributed by atoms with Crippen LogP contribution in [0, 0.1) is 31.6 Å². The maximum Gasteiger partial charge on any atom is 0.433 e. The predicted octanol–water partition coefficient (Wildman–Crippen LogP) is 4.40. The lowest BCUT2D eigenvalue weighted by atomic mass is 9.92. The first-order valence-electron chi connectivity index (χ1n) is 11.8. The van der Waals surface area contributed by atoms with E-state index in [0.717, 1.165) is 31.5 Å². The highest BCUT2D eigenvalue weighted by molar-refractivity contribution is 5.71. The van der Waals surface area contributed by atoms with Gasteiger partial charge >= 0.3 is 18.2 Å². The molecule has 4 unspecified atom stereocenters. The first kappa shape index (κ1) is 24.9. The minimum atomic E-state index is -4.62. The zero-order valence-electron chi connectivity index (χ0n) is 20.0. The number of rotatable bonds is 7. The van der Waals surface area contributed by atoms with Crippen molar-refractivity contribution in [1.29, 1.82) is 0 Å². The molecule has 3 aromatic rings. The van der Waals surface area contributed by atoms with Crippen LogP contribution in [0.3, 0.4) is 0 Å². The van der Waals surface area contributed by atoms with Crippen LogP contribution in [-0.2, 0) is 17.6 Å². The van der Waals surface area contributed by atoms with E-state index < -0.39 is 23.8 Å². The average molecular weight is 519 g/mol. The summed E-state index contributed by atoms with van der Waals surface area (Å²) in [6, 6.07) is 0.319. The molecule has 2 aliphatic rings. The minimum absolute atomic E-state index is 0.103. The molecule has 0 amide bonds. The van der Waals surface area contributed by atoms with Crippen LogP contribution >= 0.6 is 0 Å². The van der Waals surface area contributed by atoms with Crippen LogP contribution in [0.1, 0.15) is 48.3 Å². The lowest BCUT2D eigenvalue weighted by Gasteiger charge is -2.17. The van der Waals surface area contributed by atoms with Crippen molar-refractivity contribution in [1.82, 2.24) is 25.1 Å². The fourth-order valence-electron chi connectivity index (χ4n) is 5.24. The SMILES string of the molecule is Cc1nc(-c2onc(C)c2COc2nccc(C(F)(F)F)n2)ncc1OC1CC2CCC(C(=O)O)C2C1. The van der Waals surface area contributed by atoms with Gasteiger partial charge in [0.05, 0.1) is 35.2 Å². The molecule has 2 aliphatic carbocycles. The number of fused-ring (bicyclic) bond motifs is 1. The molecule has 0 spiro atoms. The van der Waals surface area contributed by atoms with Crippen molar-refractivity contribution in [3.8, 4) is 23.3 Å². The number of carbonyl (C=O) groups is 1. The molecule has 2 saturated carbocycles. The smallest absolute Gasteiger partial charge is 0.433 e. The number of aromatic nitrogens is 5. The Labute approximate surface area is 209 Å². The second-order valence-electron chi connectivity index (χ2n) is 9.39. The van der Waals surface area contributed by atoms with E-state index in [1.807, 2.05) is 0 Å². The molecule has 13 heteroatoms. The fraction of sp³-hybridized carbons (Fsp3) is 0.500. The molecule has 196 valence electrons. The Bertz CT molecular complexity index is 1310. The second kappa shape index (κ2) is 9.60. The molecule has 0 radical (unpaired) electrons. The highest BCUT2D eigenvalue weighted by atomic mass is 19.4. The van der Waals surface area contributed by atoms with E-state index in [4.69, 9.17) is 14.0 Å². The zero-order valence-corrected chi connectivity index (χ0v) is 20.0. The first-order valence-corrected chi connectivity index (χ1v) is 11.8. The fourth-order valence-corrected chi connectivity index (χ4v) is 5.24. The van der Waals surface area contributed by atoms with Gasteiger partial charge in [-0.05, 0) is 57.4 Å². The summed E-state index contributed by atoms with van der Waals surface area (Å²) in [5, 5.41) is 13.4. The summed E-state index contributed by atoms with van der Waals surface area (Å²) < 4.78 is 55.7. The molecule has 3 heterocycles. The molecule has 0 aliphatic heterocycles. The van der Waals surface area contributed by atoms with Crippen LogP contribution in [0.5, 0.6) is 11.8 Å². The number of halogens is 3. The third-order valence-corrected chi connectivity index (χ3v) is 7.07. The largest absolute Gasteiger partial charge is 0.487 e. The lowest BCUT2D eigenvalue weighted by molar-refractivity contribution is -0.143. The van der Waals surface area contributed by atoms with Crippen LogP contribution in [0.4, 0.5) is 13.2 Å². The summed E-state index contributed by atoms with van der Waals surface area (Å²) in [6.45, 7) is 3.21. The summed E-state index contributed by atoms with van der Waals surface area (Å²) in [6.07, 6.45) is 0.876. The number of carboxylic acid groups (broad SMARTS) is 1. The predicted molar refractivity (Wildman–Crippen MR) is 119 cm³/mol. The number of aryl methyl sites for hydroxylation is 2. The first-order chi connectivity index (χ1) is 17.6. The van der Waals surface area contributed by atoms with Gasteiger partial charge in [-0.15, -0.1) is 0 Å². The molecule has 3 aromatic heterocycles. The maximum absolute atomic E-state index is 12.9. The normalized spacial score (nSPS) is 23.2. The Balaban J connectivity index is 1.28. The third kappa shape index (κ3) is 5.07. The van der Waals surface area contributed by atoms with Crippen molar-refractivity contribution < 1.29 is 37.1 Å². The summed E-state index contributed by atoms with van der Waals surface area (Å²) in [5.41, 5.74) is 0.337. The van der Waals surface area contributed by atoms with Crippen LogP contribution in [0.2, 0.25) is 0 Å². The Kier molecular flexibility index (Phi) is 6.46. The average Bonchev–Trinajstić information content (AvgIpc) is 3.52. The minimum Gasteiger partial charge on any atom is -0.487 e. The van der Waals surface area contributed by atoms with E-state index in [0.29, 0.717) is 35.0 Å². The van der Waals surface area contributed by atoms with E-state index in [-0.39, 0.29) is 36.1 Å². The van der Waals surface area contributed by atoms with Gasteiger partial charge in [-0.1, -0.05) is 5.16 Å². The van der Waals surface area contributed by atoms with Crippen molar-refractivity contribution in [2.24, 2.45) is 17.8 Å². The van der Waals surface area contributed by atoms with Crippen molar-refractivity contribution in [2.45, 2.75) is 58.4 Å². The van der Waals surface area contributed by atoms with Crippen molar-refractivity contribution in [3.05, 3.63) is 41.1 Å². The Morgan fingerprint density at radius 3 is 2.70 bits per heavy atom. The molecule has 0 saturated heterocycles. The molecule has 0 bridgehead atoms. The number of nitrogens with zero attached hydrogens (tertiary/aromatic N) is 5.